The number of benzene rings is 2. The Morgan fingerprint density at radius 3 is 2.40 bits per heavy atom. The molecule has 2 N–H and O–H groups in total. The van der Waals surface area contributed by atoms with Crippen LogP contribution < -0.4 is 15.5 Å². The van der Waals surface area contributed by atoms with E-state index in [2.05, 4.69) is 27.6 Å². The molecule has 42 heavy (non-hydrogen) atoms. The lowest BCUT2D eigenvalue weighted by Gasteiger charge is -2.41. The lowest BCUT2D eigenvalue weighted by molar-refractivity contribution is 0.0985. The van der Waals surface area contributed by atoms with Crippen LogP contribution in [-0.2, 0) is 26.4 Å². The predicted molar refractivity (Wildman–Crippen MR) is 160 cm³/mol. The maximum Gasteiger partial charge on any atom is 0.323 e. The zero-order valence-electron chi connectivity index (χ0n) is 23.5. The molecule has 2 aromatic heterocycles. The summed E-state index contributed by atoms with van der Waals surface area (Å²) in [5, 5.41) is 9.60. The van der Waals surface area contributed by atoms with Gasteiger partial charge in [0.1, 0.15) is 10.6 Å². The van der Waals surface area contributed by atoms with Gasteiger partial charge in [-0.25, -0.2) is 23.2 Å². The maximum absolute atomic E-state index is 14.1. The Labute approximate surface area is 244 Å². The molecule has 1 aliphatic heterocycles. The molecule has 0 radical (unpaired) electrons. The number of urea groups is 1. The van der Waals surface area contributed by atoms with Crippen molar-refractivity contribution in [3.8, 4) is 11.4 Å². The van der Waals surface area contributed by atoms with Crippen LogP contribution in [0.5, 0.6) is 0 Å². The molecule has 1 saturated carbocycles. The number of carbonyl (C=O) groups is 1. The summed E-state index contributed by atoms with van der Waals surface area (Å²) in [6.07, 6.45) is 5.05. The standard InChI is InChI=1S/C30H33N7O4S/c1-21-20-41-16-15-37(21)27-17-26(30(13-6-14-30)42(39,40)25-7-4-3-5-8-25)34-28(35-27)22-9-11-23(12-10-22)32-29(38)33-24-18-31-36(2)19-24/h3-5,7-12,17-19,21H,6,13-16,20H2,1-2H3,(H2,32,33,38)/t21-/m0/s1. The Bertz CT molecular complexity index is 1690. The van der Waals surface area contributed by atoms with Crippen molar-refractivity contribution in [3.05, 3.63) is 78.8 Å². The first kappa shape index (κ1) is 27.9. The quantitative estimate of drug-likeness (QED) is 0.321. The van der Waals surface area contributed by atoms with Gasteiger partial charge in [0.2, 0.25) is 0 Å². The number of ether oxygens (including phenoxy) is 1. The lowest BCUT2D eigenvalue weighted by Crippen LogP contribution is -2.46. The normalized spacial score (nSPS) is 18.2. The van der Waals surface area contributed by atoms with E-state index in [0.29, 0.717) is 71.8 Å². The summed E-state index contributed by atoms with van der Waals surface area (Å²) >= 11 is 0. The number of morpholine rings is 1. The Morgan fingerprint density at radius 1 is 1.02 bits per heavy atom. The average molecular weight is 588 g/mol. The van der Waals surface area contributed by atoms with Gasteiger partial charge < -0.3 is 20.3 Å². The van der Waals surface area contributed by atoms with E-state index in [1.54, 1.807) is 60.5 Å². The number of aromatic nitrogens is 4. The van der Waals surface area contributed by atoms with E-state index in [1.807, 2.05) is 24.3 Å². The number of hydrogen-bond donors (Lipinski definition) is 2. The Hall–Kier alpha value is -4.29. The number of anilines is 3. The number of hydrogen-bond acceptors (Lipinski definition) is 8. The highest BCUT2D eigenvalue weighted by Gasteiger charge is 2.52. The van der Waals surface area contributed by atoms with Gasteiger partial charge in [0.05, 0.1) is 41.7 Å². The van der Waals surface area contributed by atoms with Gasteiger partial charge in [-0.1, -0.05) is 18.2 Å². The number of carbonyl (C=O) groups excluding carboxylic acids is 1. The van der Waals surface area contributed by atoms with Crippen molar-refractivity contribution in [2.24, 2.45) is 7.05 Å². The lowest BCUT2D eigenvalue weighted by atomic mass is 9.81. The predicted octanol–water partition coefficient (Wildman–Crippen LogP) is 4.60. The third kappa shape index (κ3) is 5.23. The number of sulfone groups is 1. The molecule has 11 nitrogen and oxygen atoms in total. The van der Waals surface area contributed by atoms with Crippen LogP contribution in [0.2, 0.25) is 0 Å². The molecule has 1 saturated heterocycles. The van der Waals surface area contributed by atoms with Gasteiger partial charge in [-0.3, -0.25) is 4.68 Å². The van der Waals surface area contributed by atoms with Crippen molar-refractivity contribution in [3.63, 3.8) is 0 Å². The molecule has 0 unspecified atom stereocenters. The van der Waals surface area contributed by atoms with Gasteiger partial charge in [0.25, 0.3) is 0 Å². The highest BCUT2D eigenvalue weighted by Crippen LogP contribution is 2.51. The molecule has 2 fully saturated rings. The molecule has 1 atom stereocenters. The second kappa shape index (κ2) is 11.2. The zero-order chi connectivity index (χ0) is 29.3. The summed E-state index contributed by atoms with van der Waals surface area (Å²) in [7, 11) is -1.94. The second-order valence-electron chi connectivity index (χ2n) is 10.8. The molecule has 0 spiro atoms. The van der Waals surface area contributed by atoms with Crippen LogP contribution in [0.1, 0.15) is 31.9 Å². The van der Waals surface area contributed by atoms with E-state index in [0.717, 1.165) is 6.42 Å². The fourth-order valence-electron chi connectivity index (χ4n) is 5.48. The van der Waals surface area contributed by atoms with Crippen LogP contribution in [0, 0.1) is 0 Å². The molecular formula is C30H33N7O4S. The van der Waals surface area contributed by atoms with Crippen LogP contribution in [0.3, 0.4) is 0 Å². The van der Waals surface area contributed by atoms with Crippen LogP contribution in [0.25, 0.3) is 11.4 Å². The minimum absolute atomic E-state index is 0.0716. The Balaban J connectivity index is 1.35. The fraction of sp³-hybridized carbons (Fsp3) is 0.333. The molecular weight excluding hydrogens is 554 g/mol. The number of aryl methyl sites for hydroxylation is 1. The van der Waals surface area contributed by atoms with Crippen molar-refractivity contribution < 1.29 is 17.9 Å². The number of rotatable bonds is 7. The van der Waals surface area contributed by atoms with Gasteiger partial charge in [0.15, 0.2) is 15.7 Å². The van der Waals surface area contributed by atoms with Crippen molar-refractivity contribution in [1.29, 1.82) is 0 Å². The monoisotopic (exact) mass is 587 g/mol. The second-order valence-corrected chi connectivity index (χ2v) is 13.0. The first-order valence-electron chi connectivity index (χ1n) is 14.0. The third-order valence-electron chi connectivity index (χ3n) is 7.93. The molecule has 1 aliphatic carbocycles. The van der Waals surface area contributed by atoms with Gasteiger partial charge in [-0.15, -0.1) is 0 Å². The van der Waals surface area contributed by atoms with Gasteiger partial charge >= 0.3 is 6.03 Å². The van der Waals surface area contributed by atoms with E-state index in [-0.39, 0.29) is 6.04 Å². The van der Waals surface area contributed by atoms with E-state index in [9.17, 15) is 13.2 Å². The first-order chi connectivity index (χ1) is 20.2. The highest BCUT2D eigenvalue weighted by atomic mass is 32.2. The SMILES string of the molecule is C[C@H]1COCCN1c1cc(C2(S(=O)(=O)c3ccccc3)CCC2)nc(-c2ccc(NC(=O)Nc3cnn(C)c3)cc2)n1. The molecule has 4 aromatic rings. The van der Waals surface area contributed by atoms with Gasteiger partial charge in [0, 0.05) is 37.1 Å². The average Bonchev–Trinajstić information content (AvgIpc) is 3.37. The zero-order valence-corrected chi connectivity index (χ0v) is 24.3. The molecule has 2 aliphatic rings. The summed E-state index contributed by atoms with van der Waals surface area (Å²) in [5.74, 6) is 1.11. The molecule has 6 rings (SSSR count). The van der Waals surface area contributed by atoms with Crippen molar-refractivity contribution in [1.82, 2.24) is 19.7 Å². The van der Waals surface area contributed by atoms with Gasteiger partial charge in [-0.2, -0.15) is 5.10 Å². The summed E-state index contributed by atoms with van der Waals surface area (Å²) in [4.78, 5) is 24.7. The first-order valence-corrected chi connectivity index (χ1v) is 15.4. The number of nitrogens with zero attached hydrogens (tertiary/aromatic N) is 5. The van der Waals surface area contributed by atoms with Gasteiger partial charge in [-0.05, 0) is 62.6 Å². The van der Waals surface area contributed by atoms with Crippen molar-refractivity contribution in [2.75, 3.05) is 35.3 Å². The van der Waals surface area contributed by atoms with Crippen molar-refractivity contribution in [2.45, 2.75) is 41.9 Å². The summed E-state index contributed by atoms with van der Waals surface area (Å²) in [6.45, 7) is 3.83. The number of nitrogens with one attached hydrogen (secondary N) is 2. The minimum atomic E-state index is -3.72. The number of amides is 2. The molecule has 0 bridgehead atoms. The van der Waals surface area contributed by atoms with Crippen LogP contribution in [0.15, 0.2) is 78.0 Å². The molecule has 2 amide bonds. The smallest absolute Gasteiger partial charge is 0.323 e. The van der Waals surface area contributed by atoms with E-state index in [1.165, 1.54) is 0 Å². The topological polar surface area (TPSA) is 131 Å². The van der Waals surface area contributed by atoms with E-state index in [4.69, 9.17) is 14.7 Å². The Kier molecular flexibility index (Phi) is 7.42. The molecule has 2 aromatic carbocycles. The van der Waals surface area contributed by atoms with E-state index < -0.39 is 20.6 Å². The molecule has 12 heteroatoms. The summed E-state index contributed by atoms with van der Waals surface area (Å²) in [5.41, 5.74) is 2.38. The third-order valence-corrected chi connectivity index (χ3v) is 10.5. The maximum atomic E-state index is 14.1. The summed E-state index contributed by atoms with van der Waals surface area (Å²) in [6, 6.07) is 17.3. The van der Waals surface area contributed by atoms with Crippen molar-refractivity contribution >= 4 is 33.1 Å². The molecule has 3 heterocycles. The van der Waals surface area contributed by atoms with Crippen LogP contribution in [0.4, 0.5) is 22.0 Å². The van der Waals surface area contributed by atoms with Crippen LogP contribution in [-0.4, -0.2) is 60.0 Å². The Morgan fingerprint density at radius 2 is 1.76 bits per heavy atom. The fourth-order valence-corrected chi connectivity index (χ4v) is 7.65. The summed E-state index contributed by atoms with van der Waals surface area (Å²) < 4.78 is 34.3. The van der Waals surface area contributed by atoms with Crippen LogP contribution >= 0.6 is 0 Å². The molecule has 218 valence electrons. The minimum Gasteiger partial charge on any atom is -0.377 e. The highest BCUT2D eigenvalue weighted by molar-refractivity contribution is 7.92. The van der Waals surface area contributed by atoms with E-state index >= 15 is 0 Å². The largest absolute Gasteiger partial charge is 0.377 e.